The Morgan fingerprint density at radius 3 is 2.70 bits per heavy atom. The molecule has 1 saturated heterocycles. The average molecular weight is 449 g/mol. The summed E-state index contributed by atoms with van der Waals surface area (Å²) in [7, 11) is -3.29. The highest BCUT2D eigenvalue weighted by atomic mass is 32.2. The molecular formula is C20H24N4O4S2. The fourth-order valence-electron chi connectivity index (χ4n) is 3.66. The van der Waals surface area contributed by atoms with Crippen molar-refractivity contribution in [2.24, 2.45) is 0 Å². The van der Waals surface area contributed by atoms with Crippen molar-refractivity contribution in [1.82, 2.24) is 18.7 Å². The lowest BCUT2D eigenvalue weighted by Crippen LogP contribution is -2.39. The van der Waals surface area contributed by atoms with Crippen LogP contribution in [0.1, 0.15) is 24.6 Å². The van der Waals surface area contributed by atoms with Crippen LogP contribution in [0.3, 0.4) is 0 Å². The first-order valence-corrected chi connectivity index (χ1v) is 12.5. The van der Waals surface area contributed by atoms with Gasteiger partial charge in [-0.3, -0.25) is 0 Å². The summed E-state index contributed by atoms with van der Waals surface area (Å²) in [6.45, 7) is 1.46. The summed E-state index contributed by atoms with van der Waals surface area (Å²) < 4.78 is 34.3. The Labute approximate surface area is 179 Å². The fraction of sp³-hybridized carbons (Fsp3) is 0.400. The van der Waals surface area contributed by atoms with Gasteiger partial charge in [0.15, 0.2) is 0 Å². The summed E-state index contributed by atoms with van der Waals surface area (Å²) in [5.41, 5.74) is -0.236. The lowest BCUT2D eigenvalue weighted by atomic mass is 9.99. The van der Waals surface area contributed by atoms with E-state index in [0.29, 0.717) is 32.1 Å². The Hall–Kier alpha value is -2.43. The summed E-state index contributed by atoms with van der Waals surface area (Å²) in [5, 5.41) is 7.30. The van der Waals surface area contributed by atoms with Gasteiger partial charge in [0.1, 0.15) is 23.2 Å². The molecule has 3 aromatic rings. The van der Waals surface area contributed by atoms with Gasteiger partial charge in [-0.1, -0.05) is 18.2 Å². The number of nitrogens with zero attached hydrogens (tertiary/aromatic N) is 4. The van der Waals surface area contributed by atoms with Crippen LogP contribution in [0.25, 0.3) is 5.00 Å². The van der Waals surface area contributed by atoms with Gasteiger partial charge < -0.3 is 4.74 Å². The van der Waals surface area contributed by atoms with Crippen molar-refractivity contribution in [3.8, 4) is 10.8 Å². The molecule has 0 aliphatic carbocycles. The van der Waals surface area contributed by atoms with Gasteiger partial charge in [-0.25, -0.2) is 26.8 Å². The molecule has 0 spiro atoms. The predicted molar refractivity (Wildman–Crippen MR) is 116 cm³/mol. The number of hydrogen-bond donors (Lipinski definition) is 0. The Morgan fingerprint density at radius 2 is 2.00 bits per heavy atom. The molecule has 10 heteroatoms. The van der Waals surface area contributed by atoms with Crippen LogP contribution in [0.15, 0.2) is 52.6 Å². The lowest BCUT2D eigenvalue weighted by molar-refractivity contribution is 0.286. The zero-order chi connectivity index (χ0) is 21.1. The zero-order valence-corrected chi connectivity index (χ0v) is 18.3. The summed E-state index contributed by atoms with van der Waals surface area (Å²) in [6.07, 6.45) is 2.75. The van der Waals surface area contributed by atoms with Crippen molar-refractivity contribution >= 4 is 21.4 Å². The summed E-state index contributed by atoms with van der Waals surface area (Å²) in [5.74, 6) is 1.20. The van der Waals surface area contributed by atoms with Gasteiger partial charge in [0, 0.05) is 19.0 Å². The molecule has 1 fully saturated rings. The first kappa shape index (κ1) is 20.8. The Morgan fingerprint density at radius 1 is 1.20 bits per heavy atom. The molecule has 1 unspecified atom stereocenters. The van der Waals surface area contributed by atoms with Crippen LogP contribution in [-0.2, 0) is 16.6 Å². The molecule has 0 saturated carbocycles. The van der Waals surface area contributed by atoms with Gasteiger partial charge in [0.25, 0.3) is 0 Å². The molecule has 0 radical (unpaired) electrons. The summed E-state index contributed by atoms with van der Waals surface area (Å²) in [4.78, 5) is 13.1. The second kappa shape index (κ2) is 8.75. The molecule has 0 amide bonds. The van der Waals surface area contributed by atoms with Gasteiger partial charge in [0.2, 0.25) is 10.0 Å². The molecular weight excluding hydrogens is 424 g/mol. The van der Waals surface area contributed by atoms with E-state index >= 15 is 0 Å². The lowest BCUT2D eigenvalue weighted by Gasteiger charge is -2.30. The quantitative estimate of drug-likeness (QED) is 0.554. The maximum atomic E-state index is 13.1. The molecule has 0 bridgehead atoms. The summed E-state index contributed by atoms with van der Waals surface area (Å²) >= 11 is 1.46. The van der Waals surface area contributed by atoms with Crippen LogP contribution in [-0.4, -0.2) is 53.0 Å². The maximum Gasteiger partial charge on any atom is 0.351 e. The molecule has 1 atom stereocenters. The van der Waals surface area contributed by atoms with E-state index < -0.39 is 10.0 Å². The zero-order valence-electron chi connectivity index (χ0n) is 16.7. The Kier molecular flexibility index (Phi) is 6.07. The number of rotatable bonds is 7. The third-order valence-corrected chi connectivity index (χ3v) is 7.25. The summed E-state index contributed by atoms with van der Waals surface area (Å²) in [6, 6.07) is 13.2. The highest BCUT2D eigenvalue weighted by molar-refractivity contribution is 7.88. The number of piperidine rings is 1. The van der Waals surface area contributed by atoms with Gasteiger partial charge in [-0.15, -0.1) is 11.3 Å². The number of para-hydroxylation sites is 1. The van der Waals surface area contributed by atoms with E-state index in [-0.39, 0.29) is 11.6 Å². The molecule has 1 aromatic carbocycles. The van der Waals surface area contributed by atoms with E-state index in [1.54, 1.807) is 4.57 Å². The molecule has 3 heterocycles. The number of ether oxygens (including phenoxy) is 1. The van der Waals surface area contributed by atoms with Crippen LogP contribution < -0.4 is 10.4 Å². The molecule has 8 nitrogen and oxygen atoms in total. The van der Waals surface area contributed by atoms with E-state index in [9.17, 15) is 13.2 Å². The van der Waals surface area contributed by atoms with Crippen molar-refractivity contribution in [2.45, 2.75) is 25.3 Å². The number of hydrogen-bond acceptors (Lipinski definition) is 6. The molecule has 30 heavy (non-hydrogen) atoms. The van der Waals surface area contributed by atoms with Crippen LogP contribution >= 0.6 is 11.3 Å². The molecule has 2 aromatic heterocycles. The van der Waals surface area contributed by atoms with Gasteiger partial charge >= 0.3 is 5.69 Å². The van der Waals surface area contributed by atoms with E-state index in [2.05, 4.69) is 5.10 Å². The van der Waals surface area contributed by atoms with E-state index in [0.717, 1.165) is 23.6 Å². The second-order valence-corrected chi connectivity index (χ2v) is 10.2. The third-order valence-electron chi connectivity index (χ3n) is 5.12. The molecule has 1 aliphatic heterocycles. The average Bonchev–Trinajstić information content (AvgIpc) is 3.36. The van der Waals surface area contributed by atoms with Crippen LogP contribution in [0.5, 0.6) is 5.75 Å². The first-order valence-electron chi connectivity index (χ1n) is 9.80. The van der Waals surface area contributed by atoms with Crippen LogP contribution in [0.4, 0.5) is 0 Å². The smallest absolute Gasteiger partial charge is 0.351 e. The minimum Gasteiger partial charge on any atom is -0.492 e. The minimum absolute atomic E-state index is 0.139. The van der Waals surface area contributed by atoms with Crippen molar-refractivity contribution < 1.29 is 13.2 Å². The standard InChI is InChI=1S/C20H24N4O4S2/c1-30(26,27)22-11-5-7-16(15-22)19-21-23(12-13-28-17-8-3-2-4-9-17)20(25)24(19)18-10-6-14-29-18/h2-4,6,8-10,14,16H,5,7,11-13,15H2,1H3. The maximum absolute atomic E-state index is 13.1. The van der Waals surface area contributed by atoms with Crippen LogP contribution in [0.2, 0.25) is 0 Å². The Bertz CT molecular complexity index is 1140. The van der Waals surface area contributed by atoms with Crippen molar-refractivity contribution in [3.05, 3.63) is 64.2 Å². The van der Waals surface area contributed by atoms with Gasteiger partial charge in [-0.05, 0) is 42.5 Å². The van der Waals surface area contributed by atoms with Crippen LogP contribution in [0, 0.1) is 0 Å². The number of sulfonamides is 1. The first-order chi connectivity index (χ1) is 14.4. The van der Waals surface area contributed by atoms with Gasteiger partial charge in [0.05, 0.1) is 12.8 Å². The molecule has 160 valence electrons. The SMILES string of the molecule is CS(=O)(=O)N1CCCC(c2nn(CCOc3ccccc3)c(=O)n2-c2cccs2)C1. The number of aromatic nitrogens is 3. The third kappa shape index (κ3) is 4.50. The molecule has 4 rings (SSSR count). The number of benzene rings is 1. The van der Waals surface area contributed by atoms with Gasteiger partial charge in [-0.2, -0.15) is 5.10 Å². The highest BCUT2D eigenvalue weighted by Crippen LogP contribution is 2.28. The topological polar surface area (TPSA) is 86.4 Å². The molecule has 0 N–H and O–H groups in total. The fourth-order valence-corrected chi connectivity index (χ4v) is 5.30. The van der Waals surface area contributed by atoms with E-state index in [1.165, 1.54) is 26.6 Å². The van der Waals surface area contributed by atoms with E-state index in [4.69, 9.17) is 4.74 Å². The Balaban J connectivity index is 1.61. The van der Waals surface area contributed by atoms with Crippen molar-refractivity contribution in [3.63, 3.8) is 0 Å². The second-order valence-electron chi connectivity index (χ2n) is 7.27. The number of thiophene rings is 1. The minimum atomic E-state index is -3.29. The van der Waals surface area contributed by atoms with E-state index in [1.807, 2.05) is 47.8 Å². The molecule has 1 aliphatic rings. The largest absolute Gasteiger partial charge is 0.492 e. The highest BCUT2D eigenvalue weighted by Gasteiger charge is 2.31. The normalized spacial score (nSPS) is 17.8. The van der Waals surface area contributed by atoms with Crippen molar-refractivity contribution in [1.29, 1.82) is 0 Å². The monoisotopic (exact) mass is 448 g/mol. The predicted octanol–water partition coefficient (Wildman–Crippen LogP) is 2.31. The van der Waals surface area contributed by atoms with Crippen molar-refractivity contribution in [2.75, 3.05) is 26.0 Å².